The van der Waals surface area contributed by atoms with E-state index in [-0.39, 0.29) is 11.9 Å². The molecule has 7 heteroatoms. The Kier molecular flexibility index (Phi) is 4.83. The van der Waals surface area contributed by atoms with Gasteiger partial charge in [0.15, 0.2) is 11.6 Å². The van der Waals surface area contributed by atoms with E-state index in [1.54, 1.807) is 6.26 Å². The van der Waals surface area contributed by atoms with Crippen molar-refractivity contribution in [3.8, 4) is 17.0 Å². The van der Waals surface area contributed by atoms with Crippen molar-refractivity contribution in [1.29, 1.82) is 0 Å². The number of oxazole rings is 1. The fourth-order valence-corrected chi connectivity index (χ4v) is 4.13. The van der Waals surface area contributed by atoms with Crippen molar-refractivity contribution in [1.82, 2.24) is 10.3 Å². The van der Waals surface area contributed by atoms with Gasteiger partial charge < -0.3 is 24.7 Å². The highest BCUT2D eigenvalue weighted by molar-refractivity contribution is 5.72. The minimum absolute atomic E-state index is 0.246. The van der Waals surface area contributed by atoms with Gasteiger partial charge in [0, 0.05) is 23.8 Å². The molecule has 0 radical (unpaired) electrons. The van der Waals surface area contributed by atoms with E-state index in [4.69, 9.17) is 9.15 Å². The Morgan fingerprint density at radius 1 is 1.20 bits per heavy atom. The molecular formula is C23H25FN4O2. The van der Waals surface area contributed by atoms with Gasteiger partial charge in [0.05, 0.1) is 12.2 Å². The highest BCUT2D eigenvalue weighted by Crippen LogP contribution is 2.39. The maximum Gasteiger partial charge on any atom is 0.299 e. The summed E-state index contributed by atoms with van der Waals surface area (Å²) in [5, 5.41) is 6.59. The van der Waals surface area contributed by atoms with Crippen molar-refractivity contribution in [2.75, 3.05) is 29.9 Å². The van der Waals surface area contributed by atoms with Gasteiger partial charge in [-0.3, -0.25) is 0 Å². The Morgan fingerprint density at radius 2 is 2.10 bits per heavy atom. The largest absolute Gasteiger partial charge is 0.486 e. The lowest BCUT2D eigenvalue weighted by molar-refractivity contribution is 0.287. The molecule has 2 aliphatic rings. The van der Waals surface area contributed by atoms with Gasteiger partial charge in [-0.25, -0.2) is 4.39 Å². The normalized spacial score (nSPS) is 15.5. The van der Waals surface area contributed by atoms with Crippen LogP contribution in [0.4, 0.5) is 21.8 Å². The van der Waals surface area contributed by atoms with Gasteiger partial charge in [-0.15, -0.1) is 0 Å². The Bertz CT molecular complexity index is 1080. The number of aromatic nitrogens is 1. The number of halogens is 1. The highest BCUT2D eigenvalue weighted by Gasteiger charge is 2.25. The lowest BCUT2D eigenvalue weighted by Crippen LogP contribution is -2.38. The number of rotatable bonds is 4. The maximum atomic E-state index is 14.7. The predicted octanol–water partition coefficient (Wildman–Crippen LogP) is 4.48. The van der Waals surface area contributed by atoms with Crippen molar-refractivity contribution in [2.24, 2.45) is 0 Å². The molecule has 30 heavy (non-hydrogen) atoms. The molecule has 1 aromatic heterocycles. The van der Waals surface area contributed by atoms with E-state index < -0.39 is 0 Å². The zero-order valence-electron chi connectivity index (χ0n) is 17.2. The predicted molar refractivity (Wildman–Crippen MR) is 115 cm³/mol. The van der Waals surface area contributed by atoms with E-state index in [0.29, 0.717) is 29.6 Å². The molecule has 6 nitrogen and oxygen atoms in total. The van der Waals surface area contributed by atoms with E-state index in [1.807, 2.05) is 12.1 Å². The van der Waals surface area contributed by atoms with Crippen LogP contribution in [0.3, 0.4) is 0 Å². The van der Waals surface area contributed by atoms with Crippen molar-refractivity contribution in [3.63, 3.8) is 0 Å². The molecule has 0 atom stereocenters. The summed E-state index contributed by atoms with van der Waals surface area (Å²) in [5.74, 6) is -0.0715. The molecule has 2 aromatic carbocycles. The van der Waals surface area contributed by atoms with Gasteiger partial charge in [-0.1, -0.05) is 6.07 Å². The second kappa shape index (κ2) is 7.65. The average molecular weight is 408 g/mol. The van der Waals surface area contributed by atoms with Crippen LogP contribution in [-0.2, 0) is 13.0 Å². The van der Waals surface area contributed by atoms with E-state index >= 15 is 0 Å². The van der Waals surface area contributed by atoms with Crippen LogP contribution < -0.4 is 20.3 Å². The van der Waals surface area contributed by atoms with Gasteiger partial charge >= 0.3 is 0 Å². The third-order valence-electron chi connectivity index (χ3n) is 5.68. The van der Waals surface area contributed by atoms with E-state index in [9.17, 15) is 4.39 Å². The molecule has 0 amide bonds. The average Bonchev–Trinajstić information content (AvgIpc) is 3.21. The van der Waals surface area contributed by atoms with Gasteiger partial charge in [0.2, 0.25) is 0 Å². The van der Waals surface area contributed by atoms with Crippen LogP contribution in [0.25, 0.3) is 11.3 Å². The van der Waals surface area contributed by atoms with Crippen molar-refractivity contribution in [2.45, 2.75) is 32.9 Å². The first-order chi connectivity index (χ1) is 14.6. The molecule has 5 rings (SSSR count). The Morgan fingerprint density at radius 3 is 2.97 bits per heavy atom. The molecule has 0 saturated carbocycles. The van der Waals surface area contributed by atoms with Crippen LogP contribution in [0.15, 0.2) is 41.0 Å². The Labute approximate surface area is 175 Å². The SMILES string of the molecule is CC(C)N1CCOc2c(F)cc(-c3coc(Nc4ccc5c(c4)CCNC5)n3)cc21. The van der Waals surface area contributed by atoms with Crippen molar-refractivity contribution >= 4 is 17.4 Å². The van der Waals surface area contributed by atoms with Crippen LogP contribution in [0, 0.1) is 5.82 Å². The molecule has 156 valence electrons. The third-order valence-corrected chi connectivity index (χ3v) is 5.68. The van der Waals surface area contributed by atoms with E-state index in [0.717, 1.165) is 37.4 Å². The summed E-state index contributed by atoms with van der Waals surface area (Å²) in [4.78, 5) is 6.68. The smallest absolute Gasteiger partial charge is 0.299 e. The summed E-state index contributed by atoms with van der Waals surface area (Å²) in [6.07, 6.45) is 2.56. The standard InChI is InChI=1S/C23H25FN4O2/c1-14(2)28-7-8-29-22-19(24)10-17(11-21(22)28)20-13-30-23(27-20)26-18-4-3-16-12-25-6-5-15(16)9-18/h3-4,9-11,13-14,25H,5-8,12H2,1-2H3,(H,26,27). The number of fused-ring (bicyclic) bond motifs is 2. The van der Waals surface area contributed by atoms with Crippen LogP contribution in [0.5, 0.6) is 5.75 Å². The number of nitrogens with zero attached hydrogens (tertiary/aromatic N) is 2. The first-order valence-corrected chi connectivity index (χ1v) is 10.4. The molecule has 0 unspecified atom stereocenters. The number of hydrogen-bond donors (Lipinski definition) is 2. The molecule has 0 fully saturated rings. The minimum Gasteiger partial charge on any atom is -0.486 e. The van der Waals surface area contributed by atoms with Crippen LogP contribution >= 0.6 is 0 Å². The molecule has 0 spiro atoms. The molecule has 3 heterocycles. The summed E-state index contributed by atoms with van der Waals surface area (Å²) in [5.41, 5.74) is 5.58. The van der Waals surface area contributed by atoms with Crippen molar-refractivity contribution < 1.29 is 13.5 Å². The van der Waals surface area contributed by atoms with Gasteiger partial charge in [-0.05, 0) is 62.2 Å². The van der Waals surface area contributed by atoms with E-state index in [1.165, 1.54) is 17.2 Å². The second-order valence-corrected chi connectivity index (χ2v) is 8.02. The molecule has 0 aliphatic carbocycles. The first kappa shape index (κ1) is 18.9. The fourth-order valence-electron chi connectivity index (χ4n) is 4.13. The topological polar surface area (TPSA) is 62.6 Å². The van der Waals surface area contributed by atoms with E-state index in [2.05, 4.69) is 46.5 Å². The number of anilines is 3. The highest BCUT2D eigenvalue weighted by atomic mass is 19.1. The molecule has 0 bridgehead atoms. The summed E-state index contributed by atoms with van der Waals surface area (Å²) in [6, 6.07) is 10.3. The minimum atomic E-state index is -0.381. The monoisotopic (exact) mass is 408 g/mol. The molecule has 2 aliphatic heterocycles. The Hall–Kier alpha value is -3.06. The Balaban J connectivity index is 1.42. The zero-order chi connectivity index (χ0) is 20.7. The number of ether oxygens (including phenoxy) is 1. The molecule has 2 N–H and O–H groups in total. The molecule has 3 aromatic rings. The van der Waals surface area contributed by atoms with Gasteiger partial charge in [0.25, 0.3) is 6.01 Å². The number of nitrogens with one attached hydrogen (secondary N) is 2. The second-order valence-electron chi connectivity index (χ2n) is 8.02. The summed E-state index contributed by atoms with van der Waals surface area (Å²) < 4.78 is 25.9. The number of hydrogen-bond acceptors (Lipinski definition) is 6. The van der Waals surface area contributed by atoms with Crippen molar-refractivity contribution in [3.05, 3.63) is 53.5 Å². The first-order valence-electron chi connectivity index (χ1n) is 10.4. The van der Waals surface area contributed by atoms with Gasteiger partial charge in [-0.2, -0.15) is 4.98 Å². The van der Waals surface area contributed by atoms with Crippen LogP contribution in [0.2, 0.25) is 0 Å². The quantitative estimate of drug-likeness (QED) is 0.664. The van der Waals surface area contributed by atoms with Crippen LogP contribution in [0.1, 0.15) is 25.0 Å². The zero-order valence-corrected chi connectivity index (χ0v) is 17.2. The maximum absolute atomic E-state index is 14.7. The fraction of sp³-hybridized carbons (Fsp3) is 0.348. The lowest BCUT2D eigenvalue weighted by atomic mass is 10.0. The third kappa shape index (κ3) is 3.50. The van der Waals surface area contributed by atoms with Crippen LogP contribution in [-0.4, -0.2) is 30.7 Å². The molecular weight excluding hydrogens is 383 g/mol. The molecule has 0 saturated heterocycles. The summed E-state index contributed by atoms with van der Waals surface area (Å²) in [6.45, 7) is 7.28. The van der Waals surface area contributed by atoms with Gasteiger partial charge in [0.1, 0.15) is 18.6 Å². The summed E-state index contributed by atoms with van der Waals surface area (Å²) in [7, 11) is 0. The number of benzene rings is 2. The summed E-state index contributed by atoms with van der Waals surface area (Å²) >= 11 is 0. The lowest BCUT2D eigenvalue weighted by Gasteiger charge is -2.34.